The van der Waals surface area contributed by atoms with Crippen LogP contribution in [0.4, 0.5) is 0 Å². The molecule has 0 radical (unpaired) electrons. The number of hydrogen-bond donors (Lipinski definition) is 2. The number of aromatic nitrogens is 1. The second kappa shape index (κ2) is 7.41. The van der Waals surface area contributed by atoms with Gasteiger partial charge in [-0.05, 0) is 31.9 Å². The first kappa shape index (κ1) is 17.4. The third kappa shape index (κ3) is 4.70. The standard InChI is InChI=1S/C15H21ClN2O3/c1-4-6-11-8-10(9-12(16)17-11)13(19)18-15(3,7-5-2)14(20)21/h8-9H,4-7H2,1-3H3,(H,18,19)(H,20,21). The molecule has 0 fully saturated rings. The topological polar surface area (TPSA) is 79.3 Å². The summed E-state index contributed by atoms with van der Waals surface area (Å²) in [6.07, 6.45) is 2.61. The van der Waals surface area contributed by atoms with Crippen molar-refractivity contribution in [2.75, 3.05) is 0 Å². The number of nitrogens with one attached hydrogen (secondary N) is 1. The SMILES string of the molecule is CCCc1cc(C(=O)NC(C)(CCC)C(=O)O)cc(Cl)n1. The molecule has 1 aromatic heterocycles. The maximum atomic E-state index is 12.3. The van der Waals surface area contributed by atoms with Gasteiger partial charge in [0.15, 0.2) is 0 Å². The number of rotatable bonds is 7. The summed E-state index contributed by atoms with van der Waals surface area (Å²) in [5.74, 6) is -1.50. The van der Waals surface area contributed by atoms with E-state index in [2.05, 4.69) is 10.3 Å². The molecule has 116 valence electrons. The normalized spacial score (nSPS) is 13.5. The van der Waals surface area contributed by atoms with E-state index >= 15 is 0 Å². The zero-order valence-corrected chi connectivity index (χ0v) is 13.3. The lowest BCUT2D eigenvalue weighted by Gasteiger charge is -2.25. The number of carboxylic acids is 1. The van der Waals surface area contributed by atoms with Crippen molar-refractivity contribution in [2.45, 2.75) is 52.0 Å². The zero-order chi connectivity index (χ0) is 16.0. The molecule has 1 unspecified atom stereocenters. The van der Waals surface area contributed by atoms with Crippen molar-refractivity contribution in [3.63, 3.8) is 0 Å². The molecule has 5 nitrogen and oxygen atoms in total. The largest absolute Gasteiger partial charge is 0.480 e. The van der Waals surface area contributed by atoms with E-state index in [0.29, 0.717) is 24.8 Å². The van der Waals surface area contributed by atoms with E-state index in [1.165, 1.54) is 13.0 Å². The quantitative estimate of drug-likeness (QED) is 0.758. The number of hydrogen-bond acceptors (Lipinski definition) is 3. The van der Waals surface area contributed by atoms with E-state index in [4.69, 9.17) is 11.6 Å². The van der Waals surface area contributed by atoms with Gasteiger partial charge in [0.2, 0.25) is 0 Å². The number of carboxylic acid groups (broad SMARTS) is 1. The molecule has 0 saturated heterocycles. The van der Waals surface area contributed by atoms with Crippen LogP contribution in [0.5, 0.6) is 0 Å². The van der Waals surface area contributed by atoms with Gasteiger partial charge in [0.05, 0.1) is 0 Å². The smallest absolute Gasteiger partial charge is 0.329 e. The Balaban J connectivity index is 3.00. The van der Waals surface area contributed by atoms with Gasteiger partial charge in [0.25, 0.3) is 5.91 Å². The highest BCUT2D eigenvalue weighted by Gasteiger charge is 2.34. The molecule has 0 aromatic carbocycles. The Morgan fingerprint density at radius 1 is 1.33 bits per heavy atom. The van der Waals surface area contributed by atoms with Crippen LogP contribution in [-0.2, 0) is 11.2 Å². The Hall–Kier alpha value is -1.62. The number of aryl methyl sites for hydroxylation is 1. The van der Waals surface area contributed by atoms with Gasteiger partial charge in [-0.3, -0.25) is 4.79 Å². The number of nitrogens with zero attached hydrogens (tertiary/aromatic N) is 1. The van der Waals surface area contributed by atoms with Crippen LogP contribution in [0.15, 0.2) is 12.1 Å². The maximum Gasteiger partial charge on any atom is 0.329 e. The summed E-state index contributed by atoms with van der Waals surface area (Å²) in [4.78, 5) is 27.8. The van der Waals surface area contributed by atoms with Gasteiger partial charge in [-0.15, -0.1) is 0 Å². The van der Waals surface area contributed by atoms with E-state index in [1.54, 1.807) is 6.07 Å². The van der Waals surface area contributed by atoms with E-state index in [-0.39, 0.29) is 5.15 Å². The fraction of sp³-hybridized carbons (Fsp3) is 0.533. The lowest BCUT2D eigenvalue weighted by molar-refractivity contribution is -0.144. The van der Waals surface area contributed by atoms with Crippen LogP contribution in [-0.4, -0.2) is 27.5 Å². The first-order valence-corrected chi connectivity index (χ1v) is 7.42. The van der Waals surface area contributed by atoms with Crippen molar-refractivity contribution in [3.05, 3.63) is 28.5 Å². The highest BCUT2D eigenvalue weighted by Crippen LogP contribution is 2.16. The van der Waals surface area contributed by atoms with Gasteiger partial charge < -0.3 is 10.4 Å². The number of aliphatic carboxylic acids is 1. The number of pyridine rings is 1. The molecule has 0 bridgehead atoms. The molecule has 0 aliphatic heterocycles. The molecule has 0 aliphatic rings. The van der Waals surface area contributed by atoms with Crippen LogP contribution in [0.2, 0.25) is 5.15 Å². The minimum Gasteiger partial charge on any atom is -0.480 e. The Morgan fingerprint density at radius 2 is 2.00 bits per heavy atom. The first-order valence-electron chi connectivity index (χ1n) is 7.04. The van der Waals surface area contributed by atoms with Crippen molar-refractivity contribution in [1.29, 1.82) is 0 Å². The van der Waals surface area contributed by atoms with Crippen molar-refractivity contribution >= 4 is 23.5 Å². The second-order valence-corrected chi connectivity index (χ2v) is 5.65. The lowest BCUT2D eigenvalue weighted by Crippen LogP contribution is -2.52. The van der Waals surface area contributed by atoms with Crippen LogP contribution >= 0.6 is 11.6 Å². The molecular weight excluding hydrogens is 292 g/mol. The molecule has 1 aromatic rings. The van der Waals surface area contributed by atoms with Crippen LogP contribution in [0.3, 0.4) is 0 Å². The summed E-state index contributed by atoms with van der Waals surface area (Å²) in [6.45, 7) is 5.38. The molecule has 6 heteroatoms. The first-order chi connectivity index (χ1) is 9.82. The van der Waals surface area contributed by atoms with E-state index in [9.17, 15) is 14.7 Å². The summed E-state index contributed by atoms with van der Waals surface area (Å²) in [5, 5.41) is 12.1. The van der Waals surface area contributed by atoms with Crippen molar-refractivity contribution in [2.24, 2.45) is 0 Å². The number of halogens is 1. The summed E-state index contributed by atoms with van der Waals surface area (Å²) >= 11 is 5.92. The van der Waals surface area contributed by atoms with Crippen LogP contribution in [0, 0.1) is 0 Å². The van der Waals surface area contributed by atoms with Gasteiger partial charge in [-0.1, -0.05) is 38.3 Å². The third-order valence-corrected chi connectivity index (χ3v) is 3.42. The fourth-order valence-electron chi connectivity index (χ4n) is 2.11. The summed E-state index contributed by atoms with van der Waals surface area (Å²) in [7, 11) is 0. The summed E-state index contributed by atoms with van der Waals surface area (Å²) in [5.41, 5.74) is -0.225. The summed E-state index contributed by atoms with van der Waals surface area (Å²) < 4.78 is 0. The van der Waals surface area contributed by atoms with Gasteiger partial charge in [-0.2, -0.15) is 0 Å². The average Bonchev–Trinajstić information content (AvgIpc) is 2.38. The van der Waals surface area contributed by atoms with E-state index < -0.39 is 17.4 Å². The molecule has 21 heavy (non-hydrogen) atoms. The molecule has 2 N–H and O–H groups in total. The molecule has 1 atom stereocenters. The predicted octanol–water partition coefficient (Wildman–Crippen LogP) is 3.06. The van der Waals surface area contributed by atoms with Gasteiger partial charge >= 0.3 is 5.97 Å². The van der Waals surface area contributed by atoms with Gasteiger partial charge in [0, 0.05) is 11.3 Å². The van der Waals surface area contributed by atoms with Crippen LogP contribution in [0.25, 0.3) is 0 Å². The van der Waals surface area contributed by atoms with Crippen LogP contribution in [0.1, 0.15) is 56.1 Å². The monoisotopic (exact) mass is 312 g/mol. The molecule has 0 spiro atoms. The Kier molecular flexibility index (Phi) is 6.15. The number of amides is 1. The van der Waals surface area contributed by atoms with Crippen molar-refractivity contribution in [3.8, 4) is 0 Å². The van der Waals surface area contributed by atoms with Crippen molar-refractivity contribution in [1.82, 2.24) is 10.3 Å². The number of carbonyl (C=O) groups is 2. The van der Waals surface area contributed by atoms with Gasteiger partial charge in [-0.25, -0.2) is 9.78 Å². The third-order valence-electron chi connectivity index (χ3n) is 3.23. The highest BCUT2D eigenvalue weighted by atomic mass is 35.5. The Bertz CT molecular complexity index is 534. The average molecular weight is 313 g/mol. The minimum absolute atomic E-state index is 0.235. The van der Waals surface area contributed by atoms with Crippen molar-refractivity contribution < 1.29 is 14.7 Å². The van der Waals surface area contributed by atoms with Gasteiger partial charge in [0.1, 0.15) is 10.7 Å². The molecule has 0 aliphatic carbocycles. The fourth-order valence-corrected chi connectivity index (χ4v) is 2.34. The zero-order valence-electron chi connectivity index (χ0n) is 12.6. The van der Waals surface area contributed by atoms with E-state index in [1.807, 2.05) is 13.8 Å². The minimum atomic E-state index is -1.29. The second-order valence-electron chi connectivity index (χ2n) is 5.26. The molecule has 1 amide bonds. The van der Waals surface area contributed by atoms with Crippen LogP contribution < -0.4 is 5.32 Å². The lowest BCUT2D eigenvalue weighted by atomic mass is 9.95. The predicted molar refractivity (Wildman–Crippen MR) is 81.7 cm³/mol. The molecular formula is C15H21ClN2O3. The van der Waals surface area contributed by atoms with E-state index in [0.717, 1.165) is 12.1 Å². The Morgan fingerprint density at radius 3 is 2.52 bits per heavy atom. The number of carbonyl (C=O) groups excluding carboxylic acids is 1. The Labute approximate surface area is 129 Å². The highest BCUT2D eigenvalue weighted by molar-refractivity contribution is 6.29. The molecule has 1 heterocycles. The summed E-state index contributed by atoms with van der Waals surface area (Å²) in [6, 6.07) is 3.10. The maximum absolute atomic E-state index is 12.3. The molecule has 0 saturated carbocycles. The molecule has 1 rings (SSSR count).